The fraction of sp³-hybridized carbons (Fsp3) is 0.158. The number of carbonyl (C=O) groups is 2. The maximum absolute atomic E-state index is 12.7. The number of amides is 2. The Balaban J connectivity index is 1.78. The first-order valence-electron chi connectivity index (χ1n) is 8.43. The molecule has 2 amide bonds. The number of hydrogen-bond donors (Lipinski definition) is 2. The Morgan fingerprint density at radius 3 is 2.43 bits per heavy atom. The van der Waals surface area contributed by atoms with Gasteiger partial charge in [0.2, 0.25) is 0 Å². The van der Waals surface area contributed by atoms with Crippen molar-refractivity contribution in [2.45, 2.75) is 13.8 Å². The molecule has 28 heavy (non-hydrogen) atoms. The van der Waals surface area contributed by atoms with Gasteiger partial charge in [0.05, 0.1) is 17.6 Å². The minimum atomic E-state index is -1.00. The van der Waals surface area contributed by atoms with Crippen LogP contribution < -0.4 is 16.3 Å². The van der Waals surface area contributed by atoms with Crippen molar-refractivity contribution in [3.05, 3.63) is 70.5 Å². The highest BCUT2D eigenvalue weighted by atomic mass is 16.3. The SMILES string of the molecule is C/C(=N\NC(=O)C(=O)Nc1c(C)n(C)n(-c2ccccc2)c1=O)c1ccco1. The van der Waals surface area contributed by atoms with Gasteiger partial charge in [0.25, 0.3) is 5.56 Å². The second-order valence-electron chi connectivity index (χ2n) is 6.01. The fourth-order valence-corrected chi connectivity index (χ4v) is 2.61. The van der Waals surface area contributed by atoms with E-state index < -0.39 is 17.4 Å². The minimum Gasteiger partial charge on any atom is -0.463 e. The van der Waals surface area contributed by atoms with Crippen LogP contribution in [0.1, 0.15) is 18.4 Å². The van der Waals surface area contributed by atoms with E-state index in [1.807, 2.05) is 6.07 Å². The van der Waals surface area contributed by atoms with Crippen molar-refractivity contribution in [2.75, 3.05) is 5.32 Å². The highest BCUT2D eigenvalue weighted by Gasteiger charge is 2.21. The summed E-state index contributed by atoms with van der Waals surface area (Å²) in [6.45, 7) is 3.30. The zero-order chi connectivity index (χ0) is 20.3. The molecule has 0 radical (unpaired) electrons. The number of hydrazone groups is 1. The Hall–Kier alpha value is -3.88. The van der Waals surface area contributed by atoms with Gasteiger partial charge in [-0.2, -0.15) is 5.10 Å². The first-order chi connectivity index (χ1) is 13.4. The van der Waals surface area contributed by atoms with Gasteiger partial charge < -0.3 is 9.73 Å². The highest BCUT2D eigenvalue weighted by Crippen LogP contribution is 2.13. The van der Waals surface area contributed by atoms with Gasteiger partial charge in [-0.1, -0.05) is 18.2 Å². The Bertz CT molecular complexity index is 1090. The Morgan fingerprint density at radius 2 is 1.79 bits per heavy atom. The van der Waals surface area contributed by atoms with Crippen LogP contribution in [0.4, 0.5) is 5.69 Å². The number of rotatable bonds is 4. The lowest BCUT2D eigenvalue weighted by atomic mass is 10.3. The summed E-state index contributed by atoms with van der Waals surface area (Å²) in [5.74, 6) is -1.54. The maximum Gasteiger partial charge on any atom is 0.329 e. The van der Waals surface area contributed by atoms with Gasteiger partial charge in [-0.3, -0.25) is 19.1 Å². The van der Waals surface area contributed by atoms with E-state index in [-0.39, 0.29) is 5.69 Å². The number of carbonyl (C=O) groups excluding carboxylic acids is 2. The van der Waals surface area contributed by atoms with E-state index in [2.05, 4.69) is 15.8 Å². The monoisotopic (exact) mass is 381 g/mol. The molecule has 2 aromatic heterocycles. The molecular formula is C19H19N5O4. The zero-order valence-corrected chi connectivity index (χ0v) is 15.6. The summed E-state index contributed by atoms with van der Waals surface area (Å²) in [6.07, 6.45) is 1.47. The molecule has 144 valence electrons. The van der Waals surface area contributed by atoms with Crippen molar-refractivity contribution in [2.24, 2.45) is 12.1 Å². The van der Waals surface area contributed by atoms with E-state index in [1.54, 1.807) is 62.0 Å². The first kappa shape index (κ1) is 18.9. The van der Waals surface area contributed by atoms with Crippen molar-refractivity contribution in [3.8, 4) is 5.69 Å². The average Bonchev–Trinajstić information content (AvgIpc) is 3.30. The molecule has 3 aromatic rings. The van der Waals surface area contributed by atoms with Crippen molar-refractivity contribution < 1.29 is 14.0 Å². The number of aromatic nitrogens is 2. The molecule has 0 saturated heterocycles. The molecule has 3 rings (SSSR count). The van der Waals surface area contributed by atoms with Crippen LogP contribution in [0, 0.1) is 6.92 Å². The number of hydrogen-bond acceptors (Lipinski definition) is 5. The van der Waals surface area contributed by atoms with Gasteiger partial charge in [-0.25, -0.2) is 10.1 Å². The number of para-hydroxylation sites is 1. The maximum atomic E-state index is 12.7. The summed E-state index contributed by atoms with van der Waals surface area (Å²) < 4.78 is 8.15. The third-order valence-electron chi connectivity index (χ3n) is 4.20. The van der Waals surface area contributed by atoms with Crippen LogP contribution in [0.5, 0.6) is 0 Å². The lowest BCUT2D eigenvalue weighted by Gasteiger charge is -2.07. The van der Waals surface area contributed by atoms with Crippen molar-refractivity contribution >= 4 is 23.2 Å². The van der Waals surface area contributed by atoms with Gasteiger partial charge in [0, 0.05) is 7.05 Å². The molecule has 9 heteroatoms. The van der Waals surface area contributed by atoms with Gasteiger partial charge in [-0.05, 0) is 38.1 Å². The van der Waals surface area contributed by atoms with Crippen molar-refractivity contribution in [1.29, 1.82) is 0 Å². The topological polar surface area (TPSA) is 111 Å². The van der Waals surface area contributed by atoms with Gasteiger partial charge >= 0.3 is 11.8 Å². The van der Waals surface area contributed by atoms with Crippen LogP contribution in [-0.4, -0.2) is 26.9 Å². The molecule has 1 aromatic carbocycles. The third kappa shape index (κ3) is 3.63. The predicted octanol–water partition coefficient (Wildman–Crippen LogP) is 1.56. The van der Waals surface area contributed by atoms with E-state index in [4.69, 9.17) is 4.42 Å². The molecular weight excluding hydrogens is 362 g/mol. The summed E-state index contributed by atoms with van der Waals surface area (Å²) in [5.41, 5.74) is 3.27. The molecule has 0 aliphatic heterocycles. The van der Waals surface area contributed by atoms with Gasteiger partial charge in [0.1, 0.15) is 17.2 Å². The van der Waals surface area contributed by atoms with Crippen LogP contribution in [-0.2, 0) is 16.6 Å². The van der Waals surface area contributed by atoms with E-state index in [9.17, 15) is 14.4 Å². The van der Waals surface area contributed by atoms with Crippen molar-refractivity contribution in [3.63, 3.8) is 0 Å². The molecule has 0 spiro atoms. The van der Waals surface area contributed by atoms with Crippen LogP contribution in [0.2, 0.25) is 0 Å². The average molecular weight is 381 g/mol. The molecule has 0 unspecified atom stereocenters. The number of nitrogens with one attached hydrogen (secondary N) is 2. The zero-order valence-electron chi connectivity index (χ0n) is 15.6. The number of nitrogens with zero attached hydrogens (tertiary/aromatic N) is 3. The molecule has 0 saturated carbocycles. The van der Waals surface area contributed by atoms with E-state index in [0.717, 1.165) is 0 Å². The number of anilines is 1. The Kier molecular flexibility index (Phi) is 5.25. The summed E-state index contributed by atoms with van der Waals surface area (Å²) in [5, 5.41) is 6.19. The molecule has 9 nitrogen and oxygen atoms in total. The Labute approximate surface area is 160 Å². The molecule has 0 atom stereocenters. The van der Waals surface area contributed by atoms with Crippen LogP contribution in [0.25, 0.3) is 5.69 Å². The van der Waals surface area contributed by atoms with Crippen molar-refractivity contribution in [1.82, 2.24) is 14.8 Å². The number of benzene rings is 1. The van der Waals surface area contributed by atoms with Gasteiger partial charge in [0.15, 0.2) is 0 Å². The molecule has 0 aliphatic carbocycles. The second-order valence-corrected chi connectivity index (χ2v) is 6.01. The van der Waals surface area contributed by atoms with E-state index >= 15 is 0 Å². The van der Waals surface area contributed by atoms with Crippen LogP contribution >= 0.6 is 0 Å². The standard InChI is InChI=1S/C19H19N5O4/c1-12(15-10-7-11-28-15)21-22-18(26)17(25)20-16-13(2)23(3)24(19(16)27)14-8-5-4-6-9-14/h4-11H,1-3H3,(H,20,25)(H,22,26)/b21-12+. The van der Waals surface area contributed by atoms with Gasteiger partial charge in [-0.15, -0.1) is 0 Å². The molecule has 2 heterocycles. The largest absolute Gasteiger partial charge is 0.463 e. The lowest BCUT2D eigenvalue weighted by molar-refractivity contribution is -0.136. The molecule has 0 fully saturated rings. The summed E-state index contributed by atoms with van der Waals surface area (Å²) in [4.78, 5) is 37.0. The minimum absolute atomic E-state index is 0.0261. The third-order valence-corrected chi connectivity index (χ3v) is 4.20. The normalized spacial score (nSPS) is 11.3. The smallest absolute Gasteiger partial charge is 0.329 e. The Morgan fingerprint density at radius 1 is 1.07 bits per heavy atom. The molecule has 2 N–H and O–H groups in total. The molecule has 0 aliphatic rings. The van der Waals surface area contributed by atoms with E-state index in [1.165, 1.54) is 10.9 Å². The summed E-state index contributed by atoms with van der Waals surface area (Å²) in [6, 6.07) is 12.3. The summed E-state index contributed by atoms with van der Waals surface area (Å²) in [7, 11) is 1.69. The molecule has 0 bridgehead atoms. The van der Waals surface area contributed by atoms with Crippen LogP contribution in [0.3, 0.4) is 0 Å². The fourth-order valence-electron chi connectivity index (χ4n) is 2.61. The lowest BCUT2D eigenvalue weighted by Crippen LogP contribution is -2.34. The van der Waals surface area contributed by atoms with Crippen LogP contribution in [0.15, 0.2) is 63.0 Å². The number of furan rings is 1. The highest BCUT2D eigenvalue weighted by molar-refractivity contribution is 6.39. The first-order valence-corrected chi connectivity index (χ1v) is 8.43. The second kappa shape index (κ2) is 7.78. The quantitative estimate of drug-likeness (QED) is 0.406. The summed E-state index contributed by atoms with van der Waals surface area (Å²) >= 11 is 0. The predicted molar refractivity (Wildman–Crippen MR) is 103 cm³/mol. The van der Waals surface area contributed by atoms with E-state index in [0.29, 0.717) is 22.9 Å².